The normalized spacial score (nSPS) is 10.5. The average molecular weight is 282 g/mol. The molecule has 2 heterocycles. The first kappa shape index (κ1) is 13.5. The molecular weight excluding hydrogens is 266 g/mol. The van der Waals surface area contributed by atoms with Crippen LogP contribution in [-0.4, -0.2) is 31.3 Å². The second kappa shape index (κ2) is 6.33. The third-order valence-electron chi connectivity index (χ3n) is 2.49. The number of aryl methyl sites for hydroxylation is 1. The van der Waals surface area contributed by atoms with Gasteiger partial charge in [-0.15, -0.1) is 0 Å². The Hall–Kier alpha value is -1.89. The number of halogens is 1. The van der Waals surface area contributed by atoms with Crippen molar-refractivity contribution >= 4 is 23.5 Å². The minimum Gasteiger partial charge on any atom is -0.354 e. The molecule has 0 aliphatic heterocycles. The molecule has 0 aliphatic rings. The van der Waals surface area contributed by atoms with E-state index < -0.39 is 0 Å². The van der Waals surface area contributed by atoms with Crippen LogP contribution in [0.1, 0.15) is 19.0 Å². The highest BCUT2D eigenvalue weighted by molar-refractivity contribution is 6.28. The van der Waals surface area contributed by atoms with E-state index in [9.17, 15) is 0 Å². The Kier molecular flexibility index (Phi) is 4.51. The number of nitrogens with zero attached hydrogens (tertiary/aromatic N) is 5. The predicted molar refractivity (Wildman–Crippen MR) is 74.2 cm³/mol. The number of hydrogen-bond donors (Lipinski definition) is 2. The SMILES string of the molecule is CCCNc1nc(Cl)nc(NCc2ccnn2C)n1. The van der Waals surface area contributed by atoms with Crippen molar-refractivity contribution in [1.29, 1.82) is 0 Å². The summed E-state index contributed by atoms with van der Waals surface area (Å²) in [6, 6.07) is 1.92. The average Bonchev–Trinajstić information content (AvgIpc) is 2.79. The van der Waals surface area contributed by atoms with Crippen molar-refractivity contribution in [2.75, 3.05) is 17.2 Å². The first-order valence-corrected chi connectivity index (χ1v) is 6.43. The highest BCUT2D eigenvalue weighted by Gasteiger charge is 2.05. The lowest BCUT2D eigenvalue weighted by molar-refractivity contribution is 0.719. The van der Waals surface area contributed by atoms with Crippen LogP contribution in [-0.2, 0) is 13.6 Å². The fourth-order valence-electron chi connectivity index (χ4n) is 1.49. The summed E-state index contributed by atoms with van der Waals surface area (Å²) >= 11 is 5.86. The molecule has 19 heavy (non-hydrogen) atoms. The van der Waals surface area contributed by atoms with Gasteiger partial charge in [-0.05, 0) is 24.1 Å². The molecule has 0 atom stereocenters. The maximum Gasteiger partial charge on any atom is 0.229 e. The fraction of sp³-hybridized carbons (Fsp3) is 0.455. The molecule has 0 aromatic carbocycles. The number of rotatable bonds is 6. The van der Waals surface area contributed by atoms with Gasteiger partial charge in [-0.3, -0.25) is 4.68 Å². The van der Waals surface area contributed by atoms with Crippen LogP contribution in [0.4, 0.5) is 11.9 Å². The Labute approximate surface area is 116 Å². The van der Waals surface area contributed by atoms with Crippen molar-refractivity contribution in [3.05, 3.63) is 23.2 Å². The van der Waals surface area contributed by atoms with Gasteiger partial charge in [-0.1, -0.05) is 6.92 Å². The molecule has 2 N–H and O–H groups in total. The van der Waals surface area contributed by atoms with Crippen molar-refractivity contribution in [2.45, 2.75) is 19.9 Å². The molecule has 2 aromatic rings. The van der Waals surface area contributed by atoms with Crippen molar-refractivity contribution in [3.8, 4) is 0 Å². The van der Waals surface area contributed by atoms with E-state index in [2.05, 4.69) is 37.6 Å². The summed E-state index contributed by atoms with van der Waals surface area (Å²) < 4.78 is 1.78. The van der Waals surface area contributed by atoms with Gasteiger partial charge < -0.3 is 10.6 Å². The Morgan fingerprint density at radius 2 is 1.95 bits per heavy atom. The van der Waals surface area contributed by atoms with E-state index in [1.165, 1.54) is 0 Å². The predicted octanol–water partition coefficient (Wildman–Crippen LogP) is 1.69. The summed E-state index contributed by atoms with van der Waals surface area (Å²) in [5, 5.41) is 10.4. The lowest BCUT2D eigenvalue weighted by Gasteiger charge is -2.07. The van der Waals surface area contributed by atoms with Crippen LogP contribution in [0.3, 0.4) is 0 Å². The summed E-state index contributed by atoms with van der Waals surface area (Å²) in [5.41, 5.74) is 1.03. The second-order valence-corrected chi connectivity index (χ2v) is 4.32. The molecule has 8 heteroatoms. The van der Waals surface area contributed by atoms with Crippen LogP contribution in [0, 0.1) is 0 Å². The van der Waals surface area contributed by atoms with Crippen molar-refractivity contribution in [1.82, 2.24) is 24.7 Å². The van der Waals surface area contributed by atoms with E-state index in [4.69, 9.17) is 11.6 Å². The molecule has 2 rings (SSSR count). The molecule has 0 saturated heterocycles. The molecule has 0 spiro atoms. The molecule has 0 amide bonds. The standard InChI is InChI=1S/C11H16ClN7/c1-3-5-13-10-16-9(12)17-11(18-10)14-7-8-4-6-15-19(8)2/h4,6H,3,5,7H2,1-2H3,(H2,13,14,16,17,18). The van der Waals surface area contributed by atoms with Gasteiger partial charge in [0.05, 0.1) is 12.2 Å². The highest BCUT2D eigenvalue weighted by atomic mass is 35.5. The molecule has 0 unspecified atom stereocenters. The first-order valence-electron chi connectivity index (χ1n) is 6.05. The summed E-state index contributed by atoms with van der Waals surface area (Å²) in [6.45, 7) is 3.43. The molecule has 0 fully saturated rings. The molecule has 2 aromatic heterocycles. The van der Waals surface area contributed by atoms with Gasteiger partial charge in [0.2, 0.25) is 17.2 Å². The van der Waals surface area contributed by atoms with Crippen LogP contribution >= 0.6 is 11.6 Å². The third kappa shape index (κ3) is 3.78. The van der Waals surface area contributed by atoms with Crippen molar-refractivity contribution < 1.29 is 0 Å². The zero-order valence-electron chi connectivity index (χ0n) is 10.9. The Morgan fingerprint density at radius 3 is 2.58 bits per heavy atom. The second-order valence-electron chi connectivity index (χ2n) is 3.98. The van der Waals surface area contributed by atoms with Gasteiger partial charge in [0.1, 0.15) is 0 Å². The van der Waals surface area contributed by atoms with Crippen LogP contribution in [0.25, 0.3) is 0 Å². The minimum absolute atomic E-state index is 0.168. The molecule has 0 bridgehead atoms. The zero-order valence-corrected chi connectivity index (χ0v) is 11.6. The van der Waals surface area contributed by atoms with Crippen LogP contribution in [0.15, 0.2) is 12.3 Å². The minimum atomic E-state index is 0.168. The highest BCUT2D eigenvalue weighted by Crippen LogP contribution is 2.10. The van der Waals surface area contributed by atoms with E-state index in [-0.39, 0.29) is 5.28 Å². The quantitative estimate of drug-likeness (QED) is 0.839. The third-order valence-corrected chi connectivity index (χ3v) is 2.66. The van der Waals surface area contributed by atoms with Gasteiger partial charge in [0.15, 0.2) is 0 Å². The Bertz CT molecular complexity index is 540. The van der Waals surface area contributed by atoms with Gasteiger partial charge in [-0.2, -0.15) is 20.1 Å². The lowest BCUT2D eigenvalue weighted by atomic mass is 10.4. The maximum absolute atomic E-state index is 5.86. The number of hydrogen-bond acceptors (Lipinski definition) is 6. The summed E-state index contributed by atoms with van der Waals surface area (Å²) in [4.78, 5) is 12.3. The largest absolute Gasteiger partial charge is 0.354 e. The lowest BCUT2D eigenvalue weighted by Crippen LogP contribution is -2.11. The van der Waals surface area contributed by atoms with Crippen molar-refractivity contribution in [2.24, 2.45) is 7.05 Å². The molecule has 0 radical (unpaired) electrons. The van der Waals surface area contributed by atoms with E-state index >= 15 is 0 Å². The van der Waals surface area contributed by atoms with Gasteiger partial charge in [0.25, 0.3) is 0 Å². The first-order chi connectivity index (χ1) is 9.19. The van der Waals surface area contributed by atoms with Crippen molar-refractivity contribution in [3.63, 3.8) is 0 Å². The summed E-state index contributed by atoms with van der Waals surface area (Å²) in [5.74, 6) is 0.925. The Balaban J connectivity index is 2.03. The molecule has 102 valence electrons. The summed E-state index contributed by atoms with van der Waals surface area (Å²) in [7, 11) is 1.88. The molecule has 7 nitrogen and oxygen atoms in total. The molecular formula is C11H16ClN7. The van der Waals surface area contributed by atoms with Crippen LogP contribution in [0.5, 0.6) is 0 Å². The molecule has 0 saturated carbocycles. The summed E-state index contributed by atoms with van der Waals surface area (Å²) in [6.07, 6.45) is 2.73. The van der Waals surface area contributed by atoms with Gasteiger partial charge in [0, 0.05) is 19.8 Å². The van der Waals surface area contributed by atoms with Crippen LogP contribution in [0.2, 0.25) is 5.28 Å². The van der Waals surface area contributed by atoms with E-state index in [0.717, 1.165) is 18.7 Å². The maximum atomic E-state index is 5.86. The van der Waals surface area contributed by atoms with E-state index in [1.54, 1.807) is 10.9 Å². The zero-order chi connectivity index (χ0) is 13.7. The molecule has 0 aliphatic carbocycles. The smallest absolute Gasteiger partial charge is 0.229 e. The number of anilines is 2. The topological polar surface area (TPSA) is 80.5 Å². The van der Waals surface area contributed by atoms with E-state index in [1.807, 2.05) is 13.1 Å². The van der Waals surface area contributed by atoms with Gasteiger partial charge >= 0.3 is 0 Å². The number of nitrogens with one attached hydrogen (secondary N) is 2. The van der Waals surface area contributed by atoms with Gasteiger partial charge in [-0.25, -0.2) is 0 Å². The Morgan fingerprint density at radius 1 is 1.21 bits per heavy atom. The number of aromatic nitrogens is 5. The monoisotopic (exact) mass is 281 g/mol. The van der Waals surface area contributed by atoms with E-state index in [0.29, 0.717) is 18.4 Å². The van der Waals surface area contributed by atoms with Crippen LogP contribution < -0.4 is 10.6 Å². The fourth-order valence-corrected chi connectivity index (χ4v) is 1.65.